The Hall–Kier alpha value is -3.09. The zero-order valence-corrected chi connectivity index (χ0v) is 11.8. The Morgan fingerprint density at radius 3 is 2.82 bits per heavy atom. The van der Waals surface area contributed by atoms with Crippen molar-refractivity contribution >= 4 is 17.7 Å². The SMILES string of the molecule is COc1ncc(NC(=O)/C=C/c2ccc3c(c2)OCO3)cn1. The predicted molar refractivity (Wildman–Crippen MR) is 78.8 cm³/mol. The van der Waals surface area contributed by atoms with Crippen LogP contribution in [0, 0.1) is 0 Å². The van der Waals surface area contributed by atoms with E-state index in [-0.39, 0.29) is 18.7 Å². The van der Waals surface area contributed by atoms with Gasteiger partial charge in [0.15, 0.2) is 11.5 Å². The van der Waals surface area contributed by atoms with E-state index in [0.29, 0.717) is 17.2 Å². The number of anilines is 1. The van der Waals surface area contributed by atoms with Crippen LogP contribution in [-0.4, -0.2) is 29.8 Å². The Kier molecular flexibility index (Phi) is 3.86. The maximum absolute atomic E-state index is 11.8. The number of methoxy groups -OCH3 is 1. The van der Waals surface area contributed by atoms with Crippen LogP contribution in [0.1, 0.15) is 5.56 Å². The maximum atomic E-state index is 11.8. The summed E-state index contributed by atoms with van der Waals surface area (Å²) < 4.78 is 15.4. The van der Waals surface area contributed by atoms with Gasteiger partial charge in [0, 0.05) is 6.08 Å². The third kappa shape index (κ3) is 3.14. The lowest BCUT2D eigenvalue weighted by molar-refractivity contribution is -0.111. The molecule has 1 aliphatic rings. The molecule has 0 spiro atoms. The first kappa shape index (κ1) is 13.9. The van der Waals surface area contributed by atoms with Crippen LogP contribution < -0.4 is 19.5 Å². The standard InChI is InChI=1S/C15H13N3O4/c1-20-15-16-7-11(8-17-15)18-14(19)5-3-10-2-4-12-13(6-10)22-9-21-12/h2-8H,9H2,1H3,(H,18,19)/b5-3+. The van der Waals surface area contributed by atoms with E-state index in [9.17, 15) is 4.79 Å². The third-order valence-electron chi connectivity index (χ3n) is 2.90. The Labute approximate surface area is 126 Å². The van der Waals surface area contributed by atoms with Crippen LogP contribution in [-0.2, 0) is 4.79 Å². The maximum Gasteiger partial charge on any atom is 0.316 e. The van der Waals surface area contributed by atoms with Crippen molar-refractivity contribution in [2.24, 2.45) is 0 Å². The van der Waals surface area contributed by atoms with Crippen LogP contribution in [0.4, 0.5) is 5.69 Å². The lowest BCUT2D eigenvalue weighted by Crippen LogP contribution is -2.08. The monoisotopic (exact) mass is 299 g/mol. The number of benzene rings is 1. The fourth-order valence-electron chi connectivity index (χ4n) is 1.86. The van der Waals surface area contributed by atoms with Crippen molar-refractivity contribution in [1.29, 1.82) is 0 Å². The molecule has 2 heterocycles. The highest BCUT2D eigenvalue weighted by molar-refractivity contribution is 6.01. The fourth-order valence-corrected chi connectivity index (χ4v) is 1.86. The summed E-state index contributed by atoms with van der Waals surface area (Å²) in [4.78, 5) is 19.6. The van der Waals surface area contributed by atoms with Gasteiger partial charge in [0.1, 0.15) is 0 Å². The molecule has 3 rings (SSSR count). The molecule has 0 atom stereocenters. The number of fused-ring (bicyclic) bond motifs is 1. The van der Waals surface area contributed by atoms with E-state index in [2.05, 4.69) is 15.3 Å². The molecule has 1 N–H and O–H groups in total. The molecule has 1 aromatic heterocycles. The van der Waals surface area contributed by atoms with Gasteiger partial charge in [-0.05, 0) is 23.8 Å². The summed E-state index contributed by atoms with van der Waals surface area (Å²) in [6.45, 7) is 0.223. The summed E-state index contributed by atoms with van der Waals surface area (Å²) in [5.41, 5.74) is 1.33. The van der Waals surface area contributed by atoms with Crippen molar-refractivity contribution in [3.05, 3.63) is 42.2 Å². The number of carbonyl (C=O) groups excluding carboxylic acids is 1. The zero-order chi connectivity index (χ0) is 15.4. The number of hydrogen-bond donors (Lipinski definition) is 1. The van der Waals surface area contributed by atoms with Crippen molar-refractivity contribution in [2.75, 3.05) is 19.2 Å². The van der Waals surface area contributed by atoms with Crippen molar-refractivity contribution in [3.8, 4) is 17.5 Å². The minimum absolute atomic E-state index is 0.223. The van der Waals surface area contributed by atoms with Gasteiger partial charge in [0.2, 0.25) is 12.7 Å². The molecule has 2 aromatic rings. The van der Waals surface area contributed by atoms with Gasteiger partial charge in [-0.1, -0.05) is 6.07 Å². The average Bonchev–Trinajstić information content (AvgIpc) is 3.01. The van der Waals surface area contributed by atoms with Crippen LogP contribution >= 0.6 is 0 Å². The Bertz CT molecular complexity index is 713. The van der Waals surface area contributed by atoms with Crippen LogP contribution in [0.5, 0.6) is 17.5 Å². The molecular formula is C15H13N3O4. The predicted octanol–water partition coefficient (Wildman–Crippen LogP) is 1.87. The Balaban J connectivity index is 1.63. The number of amides is 1. The summed E-state index contributed by atoms with van der Waals surface area (Å²) in [6, 6.07) is 5.70. The van der Waals surface area contributed by atoms with E-state index >= 15 is 0 Å². The fraction of sp³-hybridized carbons (Fsp3) is 0.133. The van der Waals surface area contributed by atoms with Gasteiger partial charge in [0.25, 0.3) is 0 Å². The van der Waals surface area contributed by atoms with Crippen LogP contribution in [0.15, 0.2) is 36.7 Å². The molecule has 22 heavy (non-hydrogen) atoms. The lowest BCUT2D eigenvalue weighted by atomic mass is 10.2. The largest absolute Gasteiger partial charge is 0.467 e. The van der Waals surface area contributed by atoms with E-state index in [1.54, 1.807) is 12.1 Å². The number of rotatable bonds is 4. The highest BCUT2D eigenvalue weighted by Crippen LogP contribution is 2.32. The molecule has 1 aliphatic heterocycles. The second-order valence-electron chi connectivity index (χ2n) is 4.39. The lowest BCUT2D eigenvalue weighted by Gasteiger charge is -2.02. The summed E-state index contributed by atoms with van der Waals surface area (Å²) in [5.74, 6) is 1.09. The van der Waals surface area contributed by atoms with Crippen LogP contribution in [0.2, 0.25) is 0 Å². The topological polar surface area (TPSA) is 82.6 Å². The summed E-state index contributed by atoms with van der Waals surface area (Å²) in [7, 11) is 1.47. The molecule has 1 amide bonds. The molecule has 7 nitrogen and oxygen atoms in total. The number of ether oxygens (including phenoxy) is 3. The minimum Gasteiger partial charge on any atom is -0.467 e. The molecule has 0 saturated carbocycles. The summed E-state index contributed by atoms with van der Waals surface area (Å²) >= 11 is 0. The Morgan fingerprint density at radius 2 is 2.05 bits per heavy atom. The van der Waals surface area contributed by atoms with Crippen LogP contribution in [0.25, 0.3) is 6.08 Å². The molecule has 0 bridgehead atoms. The number of aromatic nitrogens is 2. The highest BCUT2D eigenvalue weighted by atomic mass is 16.7. The normalized spacial score (nSPS) is 12.4. The van der Waals surface area contributed by atoms with Gasteiger partial charge >= 0.3 is 6.01 Å². The molecule has 0 unspecified atom stereocenters. The van der Waals surface area contributed by atoms with Crippen molar-refractivity contribution in [3.63, 3.8) is 0 Å². The molecule has 0 aliphatic carbocycles. The van der Waals surface area contributed by atoms with E-state index in [4.69, 9.17) is 14.2 Å². The van der Waals surface area contributed by atoms with Gasteiger partial charge in [-0.25, -0.2) is 9.97 Å². The number of hydrogen-bond acceptors (Lipinski definition) is 6. The molecule has 0 saturated heterocycles. The second kappa shape index (κ2) is 6.13. The molecule has 1 aromatic carbocycles. The van der Waals surface area contributed by atoms with Crippen molar-refractivity contribution in [1.82, 2.24) is 9.97 Å². The third-order valence-corrected chi connectivity index (χ3v) is 2.90. The van der Waals surface area contributed by atoms with E-state index < -0.39 is 0 Å². The summed E-state index contributed by atoms with van der Waals surface area (Å²) in [5, 5.41) is 2.65. The smallest absolute Gasteiger partial charge is 0.316 e. The first-order valence-corrected chi connectivity index (χ1v) is 6.49. The van der Waals surface area contributed by atoms with Gasteiger partial charge in [-0.3, -0.25) is 4.79 Å². The van der Waals surface area contributed by atoms with Crippen molar-refractivity contribution in [2.45, 2.75) is 0 Å². The van der Waals surface area contributed by atoms with E-state index in [1.807, 2.05) is 12.1 Å². The summed E-state index contributed by atoms with van der Waals surface area (Å²) in [6.07, 6.45) is 6.04. The molecule has 7 heteroatoms. The van der Waals surface area contributed by atoms with Gasteiger partial charge in [0.05, 0.1) is 25.2 Å². The molecule has 112 valence electrons. The van der Waals surface area contributed by atoms with Gasteiger partial charge in [-0.15, -0.1) is 0 Å². The number of carbonyl (C=O) groups is 1. The second-order valence-corrected chi connectivity index (χ2v) is 4.39. The first-order chi connectivity index (χ1) is 10.7. The van der Waals surface area contributed by atoms with E-state index in [0.717, 1.165) is 5.56 Å². The van der Waals surface area contributed by atoms with Gasteiger partial charge in [-0.2, -0.15) is 0 Å². The van der Waals surface area contributed by atoms with Gasteiger partial charge < -0.3 is 19.5 Å². The quantitative estimate of drug-likeness (QED) is 0.868. The minimum atomic E-state index is -0.286. The van der Waals surface area contributed by atoms with Crippen LogP contribution in [0.3, 0.4) is 0 Å². The van der Waals surface area contributed by atoms with Crippen molar-refractivity contribution < 1.29 is 19.0 Å². The molecular weight excluding hydrogens is 286 g/mol. The Morgan fingerprint density at radius 1 is 1.27 bits per heavy atom. The number of nitrogens with zero attached hydrogens (tertiary/aromatic N) is 2. The number of nitrogens with one attached hydrogen (secondary N) is 1. The zero-order valence-electron chi connectivity index (χ0n) is 11.8. The highest BCUT2D eigenvalue weighted by Gasteiger charge is 2.12. The average molecular weight is 299 g/mol. The first-order valence-electron chi connectivity index (χ1n) is 6.49. The molecule has 0 radical (unpaired) electrons. The molecule has 0 fully saturated rings. The van der Waals surface area contributed by atoms with E-state index in [1.165, 1.54) is 25.6 Å².